The number of rotatable bonds is 3. The molecule has 0 unspecified atom stereocenters. The van der Waals surface area contributed by atoms with E-state index in [1.54, 1.807) is 6.92 Å². The normalized spacial score (nSPS) is 12.6. The van der Waals surface area contributed by atoms with Gasteiger partial charge in [0, 0.05) is 0 Å². The Morgan fingerprint density at radius 1 is 1.40 bits per heavy atom. The zero-order valence-corrected chi connectivity index (χ0v) is 6.22. The molecule has 3 heteroatoms. The lowest BCUT2D eigenvalue weighted by molar-refractivity contribution is -0.135. The van der Waals surface area contributed by atoms with Gasteiger partial charge in [0.2, 0.25) is 5.76 Å². The van der Waals surface area contributed by atoms with E-state index in [1.807, 2.05) is 6.92 Å². The molecule has 0 aromatic carbocycles. The molecule has 58 valence electrons. The Hall–Kier alpha value is -0.990. The molecule has 0 spiro atoms. The Morgan fingerprint density at radius 2 is 1.90 bits per heavy atom. The maximum absolute atomic E-state index is 10.1. The molecule has 10 heavy (non-hydrogen) atoms. The van der Waals surface area contributed by atoms with Gasteiger partial charge in [-0.05, 0) is 18.9 Å². The maximum Gasteiger partial charge on any atom is 0.370 e. The second-order valence-electron chi connectivity index (χ2n) is 2.18. The number of hydrogen-bond acceptors (Lipinski definition) is 2. The molecule has 0 aromatic rings. The molecule has 0 rings (SSSR count). The first-order valence-corrected chi connectivity index (χ1v) is 3.21. The lowest BCUT2D eigenvalue weighted by atomic mass is 10.1. The lowest BCUT2D eigenvalue weighted by Crippen LogP contribution is -2.01. The summed E-state index contributed by atoms with van der Waals surface area (Å²) < 4.78 is 0. The van der Waals surface area contributed by atoms with E-state index in [1.165, 1.54) is 0 Å². The predicted octanol–water partition coefficient (Wildman–Crippen LogP) is 1.70. The summed E-state index contributed by atoms with van der Waals surface area (Å²) >= 11 is 0. The molecule has 0 heterocycles. The summed E-state index contributed by atoms with van der Waals surface area (Å²) in [5.41, 5.74) is 0.537. The number of aliphatic hydroxyl groups excluding tert-OH is 1. The molecule has 0 aliphatic carbocycles. The highest BCUT2D eigenvalue weighted by Crippen LogP contribution is 2.07. The largest absolute Gasteiger partial charge is 0.502 e. The Labute approximate surface area is 60.0 Å². The number of carboxylic acids is 1. The number of aliphatic carboxylic acids is 1. The van der Waals surface area contributed by atoms with E-state index in [0.29, 0.717) is 12.0 Å². The Balaban J connectivity index is 4.19. The van der Waals surface area contributed by atoms with Gasteiger partial charge in [-0.2, -0.15) is 0 Å². The molecule has 0 saturated carbocycles. The number of aliphatic hydroxyl groups is 1. The van der Waals surface area contributed by atoms with Gasteiger partial charge in [0.1, 0.15) is 0 Å². The van der Waals surface area contributed by atoms with Crippen molar-refractivity contribution in [1.82, 2.24) is 0 Å². The minimum absolute atomic E-state index is 0.512. The SMILES string of the molecule is CCC/C(C)=C(\O)C(=O)O. The minimum Gasteiger partial charge on any atom is -0.502 e. The summed E-state index contributed by atoms with van der Waals surface area (Å²) in [5, 5.41) is 17.1. The Bertz CT molecular complexity index is 158. The first-order valence-electron chi connectivity index (χ1n) is 3.21. The molecule has 0 bridgehead atoms. The first kappa shape index (κ1) is 9.01. The van der Waals surface area contributed by atoms with Crippen molar-refractivity contribution in [3.8, 4) is 0 Å². The van der Waals surface area contributed by atoms with Gasteiger partial charge in [0.15, 0.2) is 0 Å². The number of allylic oxidation sites excluding steroid dienone is 1. The van der Waals surface area contributed by atoms with Crippen molar-refractivity contribution in [1.29, 1.82) is 0 Å². The van der Waals surface area contributed by atoms with Crippen LogP contribution in [0.4, 0.5) is 0 Å². The molecular weight excluding hydrogens is 132 g/mol. The van der Waals surface area contributed by atoms with Gasteiger partial charge in [-0.25, -0.2) is 4.79 Å². The van der Waals surface area contributed by atoms with Crippen molar-refractivity contribution >= 4 is 5.97 Å². The van der Waals surface area contributed by atoms with Gasteiger partial charge in [-0.15, -0.1) is 0 Å². The molecular formula is C7H12O3. The quantitative estimate of drug-likeness (QED) is 0.468. The van der Waals surface area contributed by atoms with Gasteiger partial charge in [0.25, 0.3) is 0 Å². The molecule has 0 amide bonds. The second kappa shape index (κ2) is 3.93. The minimum atomic E-state index is -1.24. The molecule has 0 atom stereocenters. The van der Waals surface area contributed by atoms with Crippen molar-refractivity contribution in [2.75, 3.05) is 0 Å². The summed E-state index contributed by atoms with van der Waals surface area (Å²) in [6.07, 6.45) is 1.49. The van der Waals surface area contributed by atoms with Crippen molar-refractivity contribution in [3.63, 3.8) is 0 Å². The van der Waals surface area contributed by atoms with Gasteiger partial charge >= 0.3 is 5.97 Å². The van der Waals surface area contributed by atoms with Crippen LogP contribution in [-0.4, -0.2) is 16.2 Å². The molecule has 0 aliphatic heterocycles. The van der Waals surface area contributed by atoms with Crippen LogP contribution in [0.15, 0.2) is 11.3 Å². The smallest absolute Gasteiger partial charge is 0.370 e. The van der Waals surface area contributed by atoms with Crippen LogP contribution in [0.2, 0.25) is 0 Å². The summed E-state index contributed by atoms with van der Waals surface area (Å²) in [7, 11) is 0. The van der Waals surface area contributed by atoms with E-state index in [0.717, 1.165) is 6.42 Å². The number of carbonyl (C=O) groups is 1. The molecule has 3 nitrogen and oxygen atoms in total. The van der Waals surface area contributed by atoms with Crippen LogP contribution >= 0.6 is 0 Å². The van der Waals surface area contributed by atoms with Crippen LogP contribution in [0.5, 0.6) is 0 Å². The molecule has 0 fully saturated rings. The van der Waals surface area contributed by atoms with E-state index in [-0.39, 0.29) is 0 Å². The molecule has 0 saturated heterocycles. The van der Waals surface area contributed by atoms with Gasteiger partial charge < -0.3 is 10.2 Å². The standard InChI is InChI=1S/C7H12O3/c1-3-4-5(2)6(8)7(9)10/h8H,3-4H2,1-2H3,(H,9,10)/b6-5-. The fourth-order valence-corrected chi connectivity index (χ4v) is 0.676. The molecule has 0 aromatic heterocycles. The lowest BCUT2D eigenvalue weighted by Gasteiger charge is -1.98. The average Bonchev–Trinajstić information content (AvgIpc) is 1.87. The van der Waals surface area contributed by atoms with Gasteiger partial charge in [0.05, 0.1) is 0 Å². The second-order valence-corrected chi connectivity index (χ2v) is 2.18. The van der Waals surface area contributed by atoms with E-state index in [4.69, 9.17) is 10.2 Å². The van der Waals surface area contributed by atoms with Gasteiger partial charge in [-0.1, -0.05) is 13.3 Å². The molecule has 0 aliphatic rings. The van der Waals surface area contributed by atoms with Crippen LogP contribution in [-0.2, 0) is 4.79 Å². The number of hydrogen-bond donors (Lipinski definition) is 2. The topological polar surface area (TPSA) is 57.5 Å². The third-order valence-corrected chi connectivity index (χ3v) is 1.23. The highest BCUT2D eigenvalue weighted by Gasteiger charge is 2.06. The molecule has 0 radical (unpaired) electrons. The summed E-state index contributed by atoms with van der Waals surface area (Å²) in [6, 6.07) is 0. The van der Waals surface area contributed by atoms with E-state index in [2.05, 4.69) is 0 Å². The van der Waals surface area contributed by atoms with Crippen molar-refractivity contribution in [3.05, 3.63) is 11.3 Å². The van der Waals surface area contributed by atoms with E-state index in [9.17, 15) is 4.79 Å². The van der Waals surface area contributed by atoms with Crippen LogP contribution in [0.1, 0.15) is 26.7 Å². The van der Waals surface area contributed by atoms with Crippen LogP contribution in [0, 0.1) is 0 Å². The third kappa shape index (κ3) is 2.53. The summed E-state index contributed by atoms with van der Waals surface area (Å²) in [4.78, 5) is 10.1. The highest BCUT2D eigenvalue weighted by atomic mass is 16.4. The summed E-state index contributed by atoms with van der Waals surface area (Å²) in [5.74, 6) is -1.76. The van der Waals surface area contributed by atoms with Crippen LogP contribution in [0.25, 0.3) is 0 Å². The van der Waals surface area contributed by atoms with Crippen molar-refractivity contribution in [2.24, 2.45) is 0 Å². The van der Waals surface area contributed by atoms with Gasteiger partial charge in [-0.3, -0.25) is 0 Å². The monoisotopic (exact) mass is 144 g/mol. The fraction of sp³-hybridized carbons (Fsp3) is 0.571. The Kier molecular flexibility index (Phi) is 3.54. The zero-order valence-electron chi connectivity index (χ0n) is 6.22. The van der Waals surface area contributed by atoms with E-state index >= 15 is 0 Å². The fourth-order valence-electron chi connectivity index (χ4n) is 0.676. The third-order valence-electron chi connectivity index (χ3n) is 1.23. The van der Waals surface area contributed by atoms with Crippen molar-refractivity contribution in [2.45, 2.75) is 26.7 Å². The average molecular weight is 144 g/mol. The Morgan fingerprint density at radius 3 is 2.20 bits per heavy atom. The molecule has 2 N–H and O–H groups in total. The zero-order chi connectivity index (χ0) is 8.15. The first-order chi connectivity index (χ1) is 4.59. The highest BCUT2D eigenvalue weighted by molar-refractivity contribution is 5.84. The van der Waals surface area contributed by atoms with E-state index < -0.39 is 11.7 Å². The summed E-state index contributed by atoms with van der Waals surface area (Å²) in [6.45, 7) is 3.55. The van der Waals surface area contributed by atoms with Crippen molar-refractivity contribution < 1.29 is 15.0 Å². The maximum atomic E-state index is 10.1. The van der Waals surface area contributed by atoms with Crippen LogP contribution in [0.3, 0.4) is 0 Å². The predicted molar refractivity (Wildman–Crippen MR) is 37.9 cm³/mol. The number of carboxylic acid groups (broad SMARTS) is 1. The van der Waals surface area contributed by atoms with Crippen LogP contribution < -0.4 is 0 Å².